The van der Waals surface area contributed by atoms with Crippen LogP contribution in [-0.4, -0.2) is 20.0 Å². The lowest BCUT2D eigenvalue weighted by atomic mass is 10.3. The fourth-order valence-electron chi connectivity index (χ4n) is 1.10. The molecule has 0 unspecified atom stereocenters. The molecule has 2 N–H and O–H groups in total. The monoisotopic (exact) mass is 253 g/mol. The van der Waals surface area contributed by atoms with Crippen LogP contribution in [0.15, 0.2) is 29.1 Å². The molecule has 0 amide bonds. The van der Waals surface area contributed by atoms with Gasteiger partial charge in [-0.05, 0) is 27.6 Å². The standard InChI is InChI=1S/C8H8BrN5/c9-7-3-11-2-1-6(7)4-14-5-8(10)12-13-14/h1-3,5H,4,10H2. The second-order valence-electron chi connectivity index (χ2n) is 2.81. The van der Waals surface area contributed by atoms with Crippen LogP contribution in [0.1, 0.15) is 5.56 Å². The molecule has 0 saturated heterocycles. The number of nitrogen functional groups attached to an aromatic ring is 1. The summed E-state index contributed by atoms with van der Waals surface area (Å²) in [5.74, 6) is 0.426. The smallest absolute Gasteiger partial charge is 0.165 e. The van der Waals surface area contributed by atoms with Crippen molar-refractivity contribution in [1.29, 1.82) is 0 Å². The molecule has 0 radical (unpaired) electrons. The van der Waals surface area contributed by atoms with Crippen LogP contribution in [0.3, 0.4) is 0 Å². The second-order valence-corrected chi connectivity index (χ2v) is 3.66. The van der Waals surface area contributed by atoms with E-state index in [0.717, 1.165) is 10.0 Å². The highest BCUT2D eigenvalue weighted by Crippen LogP contribution is 2.15. The van der Waals surface area contributed by atoms with Gasteiger partial charge in [-0.1, -0.05) is 5.21 Å². The van der Waals surface area contributed by atoms with E-state index < -0.39 is 0 Å². The van der Waals surface area contributed by atoms with Gasteiger partial charge in [0.1, 0.15) is 0 Å². The zero-order valence-electron chi connectivity index (χ0n) is 7.26. The van der Waals surface area contributed by atoms with Crippen molar-refractivity contribution < 1.29 is 0 Å². The number of hydrogen-bond acceptors (Lipinski definition) is 4. The van der Waals surface area contributed by atoms with Crippen LogP contribution in [0.5, 0.6) is 0 Å². The molecule has 72 valence electrons. The Labute approximate surface area is 89.1 Å². The number of halogens is 1. The molecule has 2 aromatic heterocycles. The maximum Gasteiger partial charge on any atom is 0.165 e. The maximum absolute atomic E-state index is 5.45. The summed E-state index contributed by atoms with van der Waals surface area (Å²) in [6.07, 6.45) is 5.17. The summed E-state index contributed by atoms with van der Waals surface area (Å²) >= 11 is 3.41. The Kier molecular flexibility index (Phi) is 2.45. The van der Waals surface area contributed by atoms with E-state index >= 15 is 0 Å². The molecule has 0 atom stereocenters. The van der Waals surface area contributed by atoms with Crippen LogP contribution >= 0.6 is 15.9 Å². The third-order valence-electron chi connectivity index (χ3n) is 1.75. The zero-order valence-corrected chi connectivity index (χ0v) is 8.85. The predicted molar refractivity (Wildman–Crippen MR) is 55.5 cm³/mol. The van der Waals surface area contributed by atoms with E-state index in [1.165, 1.54) is 0 Å². The van der Waals surface area contributed by atoms with Gasteiger partial charge in [0.2, 0.25) is 0 Å². The van der Waals surface area contributed by atoms with Gasteiger partial charge >= 0.3 is 0 Å². The topological polar surface area (TPSA) is 69.6 Å². The second kappa shape index (κ2) is 3.75. The lowest BCUT2D eigenvalue weighted by Crippen LogP contribution is -2.01. The van der Waals surface area contributed by atoms with Crippen molar-refractivity contribution in [2.75, 3.05) is 5.73 Å². The van der Waals surface area contributed by atoms with E-state index in [4.69, 9.17) is 5.73 Å². The van der Waals surface area contributed by atoms with Gasteiger partial charge in [0.05, 0.1) is 12.7 Å². The minimum Gasteiger partial charge on any atom is -0.381 e. The molecular formula is C8H8BrN5. The Morgan fingerprint density at radius 1 is 1.50 bits per heavy atom. The molecule has 14 heavy (non-hydrogen) atoms. The summed E-state index contributed by atoms with van der Waals surface area (Å²) in [7, 11) is 0. The summed E-state index contributed by atoms with van der Waals surface area (Å²) in [6.45, 7) is 0.632. The first-order valence-electron chi connectivity index (χ1n) is 4.00. The summed E-state index contributed by atoms with van der Waals surface area (Å²) in [5, 5.41) is 7.55. The van der Waals surface area contributed by atoms with Crippen LogP contribution in [0.4, 0.5) is 5.82 Å². The number of anilines is 1. The van der Waals surface area contributed by atoms with Crippen LogP contribution in [-0.2, 0) is 6.54 Å². The molecule has 2 heterocycles. The van der Waals surface area contributed by atoms with Gasteiger partial charge in [-0.25, -0.2) is 4.68 Å². The van der Waals surface area contributed by atoms with Crippen molar-refractivity contribution in [2.45, 2.75) is 6.54 Å². The molecule has 0 aliphatic rings. The third kappa shape index (κ3) is 1.90. The third-order valence-corrected chi connectivity index (χ3v) is 2.46. The Morgan fingerprint density at radius 3 is 3.00 bits per heavy atom. The van der Waals surface area contributed by atoms with Gasteiger partial charge in [-0.2, -0.15) is 0 Å². The van der Waals surface area contributed by atoms with E-state index in [1.54, 1.807) is 23.3 Å². The lowest BCUT2D eigenvalue weighted by Gasteiger charge is -2.02. The highest BCUT2D eigenvalue weighted by Gasteiger charge is 2.01. The molecule has 0 aliphatic carbocycles. The van der Waals surface area contributed by atoms with Gasteiger partial charge < -0.3 is 5.73 Å². The molecule has 0 aromatic carbocycles. The van der Waals surface area contributed by atoms with Crippen molar-refractivity contribution in [3.63, 3.8) is 0 Å². The van der Waals surface area contributed by atoms with E-state index in [2.05, 4.69) is 31.2 Å². The SMILES string of the molecule is Nc1cn(Cc2ccncc2Br)nn1. The van der Waals surface area contributed by atoms with Crippen LogP contribution in [0.2, 0.25) is 0 Å². The summed E-state index contributed by atoms with van der Waals surface area (Å²) in [4.78, 5) is 3.97. The van der Waals surface area contributed by atoms with Gasteiger partial charge in [0.25, 0.3) is 0 Å². The molecule has 0 bridgehead atoms. The highest BCUT2D eigenvalue weighted by atomic mass is 79.9. The molecule has 2 rings (SSSR count). The Hall–Kier alpha value is -1.43. The fourth-order valence-corrected chi connectivity index (χ4v) is 1.47. The first-order chi connectivity index (χ1) is 6.75. The number of hydrogen-bond donors (Lipinski definition) is 1. The van der Waals surface area contributed by atoms with Crippen molar-refractivity contribution in [3.8, 4) is 0 Å². The van der Waals surface area contributed by atoms with Gasteiger partial charge in [-0.3, -0.25) is 4.98 Å². The molecular weight excluding hydrogens is 246 g/mol. The summed E-state index contributed by atoms with van der Waals surface area (Å²) in [6, 6.07) is 1.92. The average Bonchev–Trinajstić information content (AvgIpc) is 2.56. The highest BCUT2D eigenvalue weighted by molar-refractivity contribution is 9.10. The van der Waals surface area contributed by atoms with Crippen molar-refractivity contribution in [1.82, 2.24) is 20.0 Å². The number of nitrogens with two attached hydrogens (primary N) is 1. The number of rotatable bonds is 2. The molecule has 0 aliphatic heterocycles. The van der Waals surface area contributed by atoms with E-state index in [1.807, 2.05) is 6.07 Å². The van der Waals surface area contributed by atoms with E-state index in [9.17, 15) is 0 Å². The largest absolute Gasteiger partial charge is 0.381 e. The van der Waals surface area contributed by atoms with Crippen LogP contribution in [0, 0.1) is 0 Å². The number of nitrogens with zero attached hydrogens (tertiary/aromatic N) is 4. The van der Waals surface area contributed by atoms with Crippen molar-refractivity contribution in [2.24, 2.45) is 0 Å². The molecule has 2 aromatic rings. The molecule has 0 saturated carbocycles. The van der Waals surface area contributed by atoms with Gasteiger partial charge in [0.15, 0.2) is 5.82 Å². The minimum absolute atomic E-state index is 0.426. The normalized spacial score (nSPS) is 10.4. The molecule has 6 heteroatoms. The van der Waals surface area contributed by atoms with Crippen molar-refractivity contribution >= 4 is 21.7 Å². The van der Waals surface area contributed by atoms with Gasteiger partial charge in [0, 0.05) is 16.9 Å². The number of pyridine rings is 1. The zero-order chi connectivity index (χ0) is 9.97. The first-order valence-corrected chi connectivity index (χ1v) is 4.79. The first kappa shape index (κ1) is 9.14. The van der Waals surface area contributed by atoms with E-state index in [0.29, 0.717) is 12.4 Å². The number of aromatic nitrogens is 4. The Balaban J connectivity index is 2.23. The molecule has 0 spiro atoms. The maximum atomic E-state index is 5.45. The predicted octanol–water partition coefficient (Wildman–Crippen LogP) is 1.07. The Morgan fingerprint density at radius 2 is 2.36 bits per heavy atom. The van der Waals surface area contributed by atoms with Crippen molar-refractivity contribution in [3.05, 3.63) is 34.7 Å². The van der Waals surface area contributed by atoms with Crippen LogP contribution in [0.25, 0.3) is 0 Å². The van der Waals surface area contributed by atoms with Gasteiger partial charge in [-0.15, -0.1) is 5.10 Å². The average molecular weight is 254 g/mol. The molecule has 5 nitrogen and oxygen atoms in total. The lowest BCUT2D eigenvalue weighted by molar-refractivity contribution is 0.647. The minimum atomic E-state index is 0.426. The summed E-state index contributed by atoms with van der Waals surface area (Å²) in [5.41, 5.74) is 6.54. The quantitative estimate of drug-likeness (QED) is 0.870. The summed E-state index contributed by atoms with van der Waals surface area (Å²) < 4.78 is 2.63. The fraction of sp³-hybridized carbons (Fsp3) is 0.125. The molecule has 0 fully saturated rings. The van der Waals surface area contributed by atoms with E-state index in [-0.39, 0.29) is 0 Å². The van der Waals surface area contributed by atoms with Crippen LogP contribution < -0.4 is 5.73 Å². The Bertz CT molecular complexity index is 439.